The van der Waals surface area contributed by atoms with Crippen molar-refractivity contribution < 1.29 is 63.3 Å². The topological polar surface area (TPSA) is 195 Å². The molecule has 0 unspecified atom stereocenters. The van der Waals surface area contributed by atoms with Gasteiger partial charge < -0.3 is 44.1 Å². The number of hydrogen-bond acceptors (Lipinski definition) is 13. The lowest BCUT2D eigenvalue weighted by Crippen LogP contribution is -2.13. The van der Waals surface area contributed by atoms with Gasteiger partial charge in [-0.1, -0.05) is 0 Å². The van der Waals surface area contributed by atoms with E-state index in [2.05, 4.69) is 4.74 Å². The third kappa shape index (κ3) is 20.5. The molecule has 4 N–H and O–H groups in total. The Labute approximate surface area is 258 Å². The van der Waals surface area contributed by atoms with Gasteiger partial charge in [0.05, 0.1) is 77.2 Å². The van der Waals surface area contributed by atoms with Gasteiger partial charge in [0.2, 0.25) is 0 Å². The summed E-state index contributed by atoms with van der Waals surface area (Å²) in [5.41, 5.74) is 1.30. The molecule has 0 bridgehead atoms. The molecule has 2 aromatic carbocycles. The third-order valence-corrected chi connectivity index (χ3v) is 5.00. The van der Waals surface area contributed by atoms with Crippen LogP contribution in [-0.4, -0.2) is 122 Å². The van der Waals surface area contributed by atoms with E-state index in [-0.39, 0.29) is 66.1 Å². The van der Waals surface area contributed by atoms with Crippen LogP contribution in [0.4, 0.5) is 0 Å². The Morgan fingerprint density at radius 2 is 0.698 bits per heavy atom. The van der Waals surface area contributed by atoms with Crippen LogP contribution in [0.15, 0.2) is 48.5 Å². The largest absolute Gasteiger partial charge is 0.460 e. The number of esters is 2. The van der Waals surface area contributed by atoms with E-state index in [9.17, 15) is 19.2 Å². The molecule has 2 aromatic rings. The molecule has 0 saturated heterocycles. The quantitative estimate of drug-likeness (QED) is 0.103. The van der Waals surface area contributed by atoms with Crippen LogP contribution in [0.25, 0.3) is 0 Å². The van der Waals surface area contributed by atoms with Crippen molar-refractivity contribution in [1.82, 2.24) is 0 Å². The average molecular weight is 651 g/mol. The van der Waals surface area contributed by atoms with E-state index in [0.717, 1.165) is 0 Å². The van der Waals surface area contributed by atoms with E-state index >= 15 is 0 Å². The predicted molar refractivity (Wildman–Crippen MR) is 155 cm³/mol. The minimum Gasteiger partial charge on any atom is -0.460 e. The number of hydrogen-bond donors (Lipinski definition) is 4. The van der Waals surface area contributed by atoms with Gasteiger partial charge in [0.25, 0.3) is 10.5 Å². The Morgan fingerprint density at radius 1 is 0.442 bits per heavy atom. The molecule has 0 spiro atoms. The minimum absolute atomic E-state index is 0.0278. The van der Waals surface area contributed by atoms with Gasteiger partial charge in [-0.2, -0.15) is 0 Å². The fourth-order valence-electron chi connectivity index (χ4n) is 2.59. The van der Waals surface area contributed by atoms with Crippen molar-refractivity contribution in [1.29, 1.82) is 0 Å². The highest BCUT2D eigenvalue weighted by atomic mass is 35.5. The van der Waals surface area contributed by atoms with Gasteiger partial charge in [-0.05, 0) is 71.7 Å². The maximum atomic E-state index is 11.8. The number of benzene rings is 2. The van der Waals surface area contributed by atoms with Crippen molar-refractivity contribution >= 4 is 45.6 Å². The summed E-state index contributed by atoms with van der Waals surface area (Å²) in [7, 11) is 0. The van der Waals surface area contributed by atoms with Crippen LogP contribution in [0.3, 0.4) is 0 Å². The number of ether oxygens (including phenoxy) is 5. The smallest absolute Gasteiger partial charge is 0.338 e. The lowest BCUT2D eigenvalue weighted by Gasteiger charge is -2.07. The molecule has 240 valence electrons. The van der Waals surface area contributed by atoms with E-state index in [1.54, 1.807) is 0 Å². The molecule has 0 saturated carbocycles. The molecular weight excluding hydrogens is 615 g/mol. The van der Waals surface area contributed by atoms with Crippen LogP contribution in [0, 0.1) is 0 Å². The zero-order valence-electron chi connectivity index (χ0n) is 23.3. The lowest BCUT2D eigenvalue weighted by atomic mass is 10.1. The minimum atomic E-state index is -0.552. The van der Waals surface area contributed by atoms with E-state index in [0.29, 0.717) is 35.5 Å². The molecule has 2 rings (SSSR count). The first-order valence-electron chi connectivity index (χ1n) is 12.8. The van der Waals surface area contributed by atoms with E-state index in [1.165, 1.54) is 48.5 Å². The molecule has 13 nitrogen and oxygen atoms in total. The van der Waals surface area contributed by atoms with E-state index < -0.39 is 22.4 Å². The Kier molecular flexibility index (Phi) is 24.8. The van der Waals surface area contributed by atoms with Gasteiger partial charge in [-0.15, -0.1) is 0 Å². The lowest BCUT2D eigenvalue weighted by molar-refractivity contribution is 0.0249. The van der Waals surface area contributed by atoms with Crippen molar-refractivity contribution in [3.63, 3.8) is 0 Å². The maximum Gasteiger partial charge on any atom is 0.338 e. The van der Waals surface area contributed by atoms with Gasteiger partial charge in [-0.25, -0.2) is 9.59 Å². The SMILES string of the molecule is O=C(Cl)c1ccc(C(=O)Cl)cc1.O=C(OCCOCCO)c1ccc(C(=O)OCCOCCO)cc1.OCCOCCO. The number of carbonyl (C=O) groups excluding carboxylic acids is 4. The number of halogens is 2. The van der Waals surface area contributed by atoms with Crippen molar-refractivity contribution in [3.8, 4) is 0 Å². The number of carbonyl (C=O) groups is 4. The molecular formula is C28H36Cl2O13. The summed E-state index contributed by atoms with van der Waals surface area (Å²) < 4.78 is 24.5. The summed E-state index contributed by atoms with van der Waals surface area (Å²) in [6.07, 6.45) is 0. The second-order valence-electron chi connectivity index (χ2n) is 7.71. The average Bonchev–Trinajstić information content (AvgIpc) is 3.01. The van der Waals surface area contributed by atoms with Crippen LogP contribution in [0.1, 0.15) is 41.4 Å². The molecule has 0 heterocycles. The van der Waals surface area contributed by atoms with Crippen molar-refractivity contribution in [2.45, 2.75) is 0 Å². The summed E-state index contributed by atoms with van der Waals surface area (Å²) in [4.78, 5) is 44.6. The highest BCUT2D eigenvalue weighted by Gasteiger charge is 2.11. The molecule has 15 heteroatoms. The first-order valence-corrected chi connectivity index (χ1v) is 13.6. The maximum absolute atomic E-state index is 11.8. The number of rotatable bonds is 18. The molecule has 43 heavy (non-hydrogen) atoms. The first kappa shape index (κ1) is 40.0. The highest BCUT2D eigenvalue weighted by molar-refractivity contribution is 6.68. The normalized spacial score (nSPS) is 10.0. The van der Waals surface area contributed by atoms with Gasteiger partial charge in [0.15, 0.2) is 0 Å². The predicted octanol–water partition coefficient (Wildman–Crippen LogP) is 1.45. The molecule has 0 atom stereocenters. The van der Waals surface area contributed by atoms with Crippen molar-refractivity contribution in [3.05, 3.63) is 70.8 Å². The Bertz CT molecular complexity index is 966. The van der Waals surface area contributed by atoms with Crippen LogP contribution >= 0.6 is 23.2 Å². The van der Waals surface area contributed by atoms with Gasteiger partial charge >= 0.3 is 11.9 Å². The van der Waals surface area contributed by atoms with Gasteiger partial charge in [-0.3, -0.25) is 9.59 Å². The van der Waals surface area contributed by atoms with Crippen LogP contribution in [0.5, 0.6) is 0 Å². The summed E-state index contributed by atoms with van der Waals surface area (Å²) in [5.74, 6) is -1.06. The number of aliphatic hydroxyl groups excluding tert-OH is 4. The monoisotopic (exact) mass is 650 g/mol. The summed E-state index contributed by atoms with van der Waals surface area (Å²) >= 11 is 10.4. The van der Waals surface area contributed by atoms with Gasteiger partial charge in [0.1, 0.15) is 13.2 Å². The molecule has 0 radical (unpaired) electrons. The van der Waals surface area contributed by atoms with Gasteiger partial charge in [0, 0.05) is 11.1 Å². The molecule has 0 aromatic heterocycles. The first-order chi connectivity index (χ1) is 20.7. The second-order valence-corrected chi connectivity index (χ2v) is 8.39. The standard InChI is InChI=1S/C16H22O8.C8H4Cl2O2.C4H10O3/c17-5-7-21-9-11-23-15(19)13-1-2-14(4-3-13)16(20)24-12-10-22-8-6-18;9-7(11)5-1-2-6(4-3-5)8(10)12;5-1-3-7-4-2-6/h1-4,17-18H,5-12H2;1-4H;5-6H,1-4H2. The van der Waals surface area contributed by atoms with Crippen LogP contribution < -0.4 is 0 Å². The zero-order valence-corrected chi connectivity index (χ0v) is 24.8. The number of aliphatic hydroxyl groups is 4. The zero-order chi connectivity index (χ0) is 32.3. The summed E-state index contributed by atoms with van der Waals surface area (Å²) in [6, 6.07) is 11.7. The van der Waals surface area contributed by atoms with E-state index in [4.69, 9.17) is 62.6 Å². The Hall–Kier alpha value is -2.98. The molecule has 0 aliphatic heterocycles. The second kappa shape index (κ2) is 26.6. The van der Waals surface area contributed by atoms with Crippen LogP contribution in [-0.2, 0) is 23.7 Å². The Balaban J connectivity index is 0.000000763. The summed E-state index contributed by atoms with van der Waals surface area (Å²) in [6.45, 7) is 1.48. The summed E-state index contributed by atoms with van der Waals surface area (Å²) in [5, 5.41) is 32.1. The Morgan fingerprint density at radius 3 is 0.953 bits per heavy atom. The molecule has 0 fully saturated rings. The highest BCUT2D eigenvalue weighted by Crippen LogP contribution is 2.09. The molecule has 0 aliphatic rings. The molecule has 0 amide bonds. The fraction of sp³-hybridized carbons (Fsp3) is 0.429. The molecule has 0 aliphatic carbocycles. The fourth-order valence-corrected chi connectivity index (χ4v) is 2.84. The van der Waals surface area contributed by atoms with E-state index in [1.807, 2.05) is 0 Å². The third-order valence-electron chi connectivity index (χ3n) is 4.56. The van der Waals surface area contributed by atoms with Crippen molar-refractivity contribution in [2.24, 2.45) is 0 Å². The van der Waals surface area contributed by atoms with Crippen LogP contribution in [0.2, 0.25) is 0 Å². The van der Waals surface area contributed by atoms with Crippen molar-refractivity contribution in [2.75, 3.05) is 79.3 Å².